The van der Waals surface area contributed by atoms with Crippen LogP contribution in [0.25, 0.3) is 0 Å². The average Bonchev–Trinajstić information content (AvgIpc) is 2.58. The molecule has 96 valence electrons. The highest BCUT2D eigenvalue weighted by molar-refractivity contribution is 7.09. The fourth-order valence-electron chi connectivity index (χ4n) is 1.60. The van der Waals surface area contributed by atoms with Crippen molar-refractivity contribution in [2.24, 2.45) is 5.84 Å². The van der Waals surface area contributed by atoms with Gasteiger partial charge in [0.2, 0.25) is 0 Å². The molecule has 0 aliphatic carbocycles. The molecule has 0 saturated heterocycles. The van der Waals surface area contributed by atoms with Crippen molar-refractivity contribution in [3.8, 4) is 0 Å². The number of nitrogen functional groups attached to an aromatic ring is 1. The smallest absolute Gasteiger partial charge is 0.307 e. The van der Waals surface area contributed by atoms with Gasteiger partial charge in [-0.15, -0.1) is 0 Å². The summed E-state index contributed by atoms with van der Waals surface area (Å²) in [7, 11) is 0. The summed E-state index contributed by atoms with van der Waals surface area (Å²) in [5.41, 5.74) is 4.02. The maximum Gasteiger partial charge on any atom is 0.307 e. The number of halogens is 1. The second kappa shape index (κ2) is 5.09. The predicted octanol–water partition coefficient (Wildman–Crippen LogP) is 1.91. The third-order valence-electron chi connectivity index (χ3n) is 2.75. The lowest BCUT2D eigenvalue weighted by Gasteiger charge is -2.08. The fraction of sp³-hybridized carbons (Fsp3) is 0.273. The number of nitrogens with two attached hydrogens (primary N) is 1. The van der Waals surface area contributed by atoms with E-state index in [2.05, 4.69) is 10.4 Å². The van der Waals surface area contributed by atoms with E-state index < -0.39 is 0 Å². The number of nitrogens with zero attached hydrogens (tertiary/aromatic N) is 2. The van der Waals surface area contributed by atoms with E-state index in [0.29, 0.717) is 23.1 Å². The zero-order chi connectivity index (χ0) is 13.3. The van der Waals surface area contributed by atoms with Crippen LogP contribution in [-0.2, 0) is 6.54 Å². The van der Waals surface area contributed by atoms with E-state index in [9.17, 15) is 4.79 Å². The molecule has 0 atom stereocenters. The highest BCUT2D eigenvalue weighted by atomic mass is 35.5. The molecule has 0 radical (unpaired) electrons. The maximum absolute atomic E-state index is 11.8. The maximum atomic E-state index is 11.8. The predicted molar refractivity (Wildman–Crippen MR) is 74.2 cm³/mol. The summed E-state index contributed by atoms with van der Waals surface area (Å²) in [6, 6.07) is 3.39. The first-order valence-electron chi connectivity index (χ1n) is 5.31. The minimum Gasteiger partial charge on any atom is -0.308 e. The van der Waals surface area contributed by atoms with E-state index >= 15 is 0 Å². The number of hydrazine groups is 1. The van der Waals surface area contributed by atoms with Crippen LogP contribution in [0, 0.1) is 13.8 Å². The van der Waals surface area contributed by atoms with E-state index in [-0.39, 0.29) is 4.87 Å². The Bertz CT molecular complexity index is 634. The second-order valence-corrected chi connectivity index (χ2v) is 5.44. The Labute approximate surface area is 113 Å². The lowest BCUT2D eigenvalue weighted by molar-refractivity contribution is 0.733. The Balaban J connectivity index is 2.42. The van der Waals surface area contributed by atoms with Crippen LogP contribution in [0.1, 0.15) is 16.3 Å². The van der Waals surface area contributed by atoms with Crippen molar-refractivity contribution in [3.05, 3.63) is 43.1 Å². The van der Waals surface area contributed by atoms with Crippen molar-refractivity contribution in [1.82, 2.24) is 9.55 Å². The highest BCUT2D eigenvalue weighted by Crippen LogP contribution is 2.19. The number of rotatable bonds is 3. The number of thiazole rings is 1. The number of nitrogens with one attached hydrogen (secondary N) is 1. The summed E-state index contributed by atoms with van der Waals surface area (Å²) >= 11 is 7.30. The molecular weight excluding hydrogens is 272 g/mol. The number of aryl methyl sites for hydroxylation is 1. The third-order valence-corrected chi connectivity index (χ3v) is 4.09. The van der Waals surface area contributed by atoms with Gasteiger partial charge in [-0.25, -0.2) is 10.8 Å². The summed E-state index contributed by atoms with van der Waals surface area (Å²) in [5.74, 6) is 5.82. The summed E-state index contributed by atoms with van der Waals surface area (Å²) in [4.78, 5) is 17.1. The quantitative estimate of drug-likeness (QED) is 0.667. The van der Waals surface area contributed by atoms with Gasteiger partial charge in [0, 0.05) is 10.6 Å². The first kappa shape index (κ1) is 13.1. The van der Waals surface area contributed by atoms with Crippen LogP contribution in [0.2, 0.25) is 5.02 Å². The van der Waals surface area contributed by atoms with Crippen LogP contribution in [-0.4, -0.2) is 9.55 Å². The van der Waals surface area contributed by atoms with E-state index in [0.717, 1.165) is 10.6 Å². The van der Waals surface area contributed by atoms with Gasteiger partial charge in [-0.1, -0.05) is 22.9 Å². The zero-order valence-corrected chi connectivity index (χ0v) is 11.6. The molecule has 2 heterocycles. The van der Waals surface area contributed by atoms with Crippen LogP contribution in [0.4, 0.5) is 5.82 Å². The van der Waals surface area contributed by atoms with E-state index in [4.69, 9.17) is 17.4 Å². The first-order chi connectivity index (χ1) is 8.52. The molecule has 18 heavy (non-hydrogen) atoms. The molecule has 0 fully saturated rings. The van der Waals surface area contributed by atoms with Crippen LogP contribution < -0.4 is 16.1 Å². The Morgan fingerprint density at radius 3 is 2.78 bits per heavy atom. The van der Waals surface area contributed by atoms with Crippen molar-refractivity contribution in [2.45, 2.75) is 20.4 Å². The Kier molecular flexibility index (Phi) is 3.70. The molecular formula is C11H13ClN4OS. The van der Waals surface area contributed by atoms with E-state index in [1.165, 1.54) is 11.3 Å². The van der Waals surface area contributed by atoms with Crippen LogP contribution in [0.15, 0.2) is 16.9 Å². The van der Waals surface area contributed by atoms with Crippen molar-refractivity contribution in [3.63, 3.8) is 0 Å². The molecule has 0 amide bonds. The van der Waals surface area contributed by atoms with E-state index in [1.54, 1.807) is 16.7 Å². The van der Waals surface area contributed by atoms with Crippen molar-refractivity contribution >= 4 is 28.8 Å². The molecule has 0 unspecified atom stereocenters. The Morgan fingerprint density at radius 1 is 1.50 bits per heavy atom. The molecule has 0 aliphatic heterocycles. The van der Waals surface area contributed by atoms with E-state index in [1.807, 2.05) is 13.8 Å². The van der Waals surface area contributed by atoms with Crippen molar-refractivity contribution in [1.29, 1.82) is 0 Å². The molecule has 0 aliphatic rings. The number of aromatic nitrogens is 2. The van der Waals surface area contributed by atoms with Gasteiger partial charge >= 0.3 is 4.87 Å². The minimum atomic E-state index is -0.00558. The minimum absolute atomic E-state index is 0.00558. The second-order valence-electron chi connectivity index (χ2n) is 3.87. The van der Waals surface area contributed by atoms with Gasteiger partial charge in [0.25, 0.3) is 0 Å². The molecule has 5 nitrogen and oxygen atoms in total. The molecule has 0 saturated carbocycles. The Hall–Kier alpha value is -1.37. The van der Waals surface area contributed by atoms with Crippen LogP contribution in [0.3, 0.4) is 0 Å². The summed E-state index contributed by atoms with van der Waals surface area (Å²) in [6.45, 7) is 4.18. The van der Waals surface area contributed by atoms with Gasteiger partial charge in [0.05, 0.1) is 17.3 Å². The van der Waals surface area contributed by atoms with Gasteiger partial charge in [0.1, 0.15) is 5.82 Å². The molecule has 0 spiro atoms. The third kappa shape index (κ3) is 2.40. The largest absolute Gasteiger partial charge is 0.308 e. The fourth-order valence-corrected chi connectivity index (χ4v) is 2.59. The number of hydrogen-bond acceptors (Lipinski definition) is 5. The normalized spacial score (nSPS) is 10.7. The molecule has 2 aromatic rings. The highest BCUT2D eigenvalue weighted by Gasteiger charge is 2.11. The topological polar surface area (TPSA) is 72.9 Å². The molecule has 2 rings (SSSR count). The average molecular weight is 285 g/mol. The molecule has 0 aromatic carbocycles. The van der Waals surface area contributed by atoms with Gasteiger partial charge in [-0.05, 0) is 26.0 Å². The zero-order valence-electron chi connectivity index (χ0n) is 10.0. The standard InChI is InChI=1S/C11H13ClN4OS/c1-6-7(2)18-11(17)16(6)5-9-8(12)3-4-10(14-9)15-13/h3-4H,5,13H2,1-2H3,(H,14,15). The molecule has 3 N–H and O–H groups in total. The lowest BCUT2D eigenvalue weighted by Crippen LogP contribution is -2.17. The SMILES string of the molecule is Cc1sc(=O)n(Cc2nc(NN)ccc2Cl)c1C. The molecule has 0 bridgehead atoms. The molecule has 7 heteroatoms. The monoisotopic (exact) mass is 284 g/mol. The van der Waals surface area contributed by atoms with Gasteiger partial charge < -0.3 is 5.43 Å². The van der Waals surface area contributed by atoms with Crippen LogP contribution >= 0.6 is 22.9 Å². The van der Waals surface area contributed by atoms with Gasteiger partial charge in [-0.3, -0.25) is 9.36 Å². The number of pyridine rings is 1. The lowest BCUT2D eigenvalue weighted by atomic mass is 10.3. The summed E-state index contributed by atoms with van der Waals surface area (Å²) < 4.78 is 1.66. The first-order valence-corrected chi connectivity index (χ1v) is 6.51. The Morgan fingerprint density at radius 2 is 2.22 bits per heavy atom. The van der Waals surface area contributed by atoms with Crippen molar-refractivity contribution in [2.75, 3.05) is 5.43 Å². The molecule has 2 aromatic heterocycles. The van der Waals surface area contributed by atoms with Crippen molar-refractivity contribution < 1.29 is 0 Å². The van der Waals surface area contributed by atoms with Gasteiger partial charge in [-0.2, -0.15) is 0 Å². The summed E-state index contributed by atoms with van der Waals surface area (Å²) in [6.07, 6.45) is 0. The van der Waals surface area contributed by atoms with Gasteiger partial charge in [0.15, 0.2) is 0 Å². The summed E-state index contributed by atoms with van der Waals surface area (Å²) in [5, 5.41) is 0.518. The number of anilines is 1. The number of hydrogen-bond donors (Lipinski definition) is 2. The van der Waals surface area contributed by atoms with Crippen LogP contribution in [0.5, 0.6) is 0 Å².